The monoisotopic (exact) mass is 321 g/mol. The molecule has 118 valence electrons. The maximum Gasteiger partial charge on any atom is 0.154 e. The third kappa shape index (κ3) is 3.03. The molecular formula is C14H27NO3S2. The summed E-state index contributed by atoms with van der Waals surface area (Å²) in [6.07, 6.45) is 4.36. The first-order valence-corrected chi connectivity index (χ1v) is 10.3. The van der Waals surface area contributed by atoms with Gasteiger partial charge in [0, 0.05) is 24.7 Å². The Morgan fingerprint density at radius 3 is 2.65 bits per heavy atom. The third-order valence-corrected chi connectivity index (χ3v) is 8.47. The molecule has 20 heavy (non-hydrogen) atoms. The van der Waals surface area contributed by atoms with E-state index in [1.54, 1.807) is 0 Å². The Hall–Kier alpha value is 0.220. The van der Waals surface area contributed by atoms with E-state index in [2.05, 4.69) is 5.32 Å². The molecule has 2 saturated heterocycles. The molecule has 2 rings (SSSR count). The molecule has 2 aliphatic rings. The second-order valence-electron chi connectivity index (χ2n) is 6.73. The average molecular weight is 322 g/mol. The fourth-order valence-corrected chi connectivity index (χ4v) is 5.74. The van der Waals surface area contributed by atoms with Gasteiger partial charge in [-0.3, -0.25) is 0 Å². The van der Waals surface area contributed by atoms with E-state index in [1.165, 1.54) is 6.26 Å². The molecule has 0 saturated carbocycles. The normalized spacial score (nSPS) is 33.5. The van der Waals surface area contributed by atoms with Gasteiger partial charge in [0.1, 0.15) is 0 Å². The Kier molecular flexibility index (Phi) is 4.80. The van der Waals surface area contributed by atoms with E-state index < -0.39 is 14.6 Å². The van der Waals surface area contributed by atoms with Crippen molar-refractivity contribution < 1.29 is 13.2 Å². The van der Waals surface area contributed by atoms with Gasteiger partial charge < -0.3 is 10.1 Å². The summed E-state index contributed by atoms with van der Waals surface area (Å²) in [4.78, 5) is 0. The molecule has 6 heteroatoms. The summed E-state index contributed by atoms with van der Waals surface area (Å²) in [5.41, 5.74) is -0.00370. The number of sulfone groups is 1. The fourth-order valence-electron chi connectivity index (χ4n) is 3.60. The van der Waals surface area contributed by atoms with E-state index in [-0.39, 0.29) is 11.6 Å². The number of nitrogens with one attached hydrogen (secondary N) is 1. The third-order valence-electron chi connectivity index (χ3n) is 5.09. The SMILES string of the molecule is CNC(C1CCOC2(CCSC2)C1)C(C)(C)S(C)(=O)=O. The highest BCUT2D eigenvalue weighted by Gasteiger charge is 2.48. The van der Waals surface area contributed by atoms with Crippen molar-refractivity contribution >= 4 is 21.6 Å². The van der Waals surface area contributed by atoms with E-state index in [1.807, 2.05) is 32.7 Å². The Balaban J connectivity index is 2.19. The Morgan fingerprint density at radius 1 is 1.45 bits per heavy atom. The van der Waals surface area contributed by atoms with Crippen LogP contribution in [0.25, 0.3) is 0 Å². The molecule has 0 aliphatic carbocycles. The molecule has 0 aromatic heterocycles. The lowest BCUT2D eigenvalue weighted by molar-refractivity contribution is -0.0863. The fraction of sp³-hybridized carbons (Fsp3) is 1.00. The van der Waals surface area contributed by atoms with Crippen molar-refractivity contribution in [3.05, 3.63) is 0 Å². The Labute approximate surface area is 127 Å². The number of ether oxygens (including phenoxy) is 1. The molecule has 0 bridgehead atoms. The van der Waals surface area contributed by atoms with Crippen LogP contribution in [-0.2, 0) is 14.6 Å². The summed E-state index contributed by atoms with van der Waals surface area (Å²) in [6.45, 7) is 4.44. The van der Waals surface area contributed by atoms with E-state index in [4.69, 9.17) is 4.74 Å². The van der Waals surface area contributed by atoms with Gasteiger partial charge in [-0.25, -0.2) is 8.42 Å². The summed E-state index contributed by atoms with van der Waals surface area (Å²) >= 11 is 1.95. The zero-order valence-electron chi connectivity index (χ0n) is 12.9. The second kappa shape index (κ2) is 5.78. The maximum absolute atomic E-state index is 12.1. The number of hydrogen-bond donors (Lipinski definition) is 1. The molecule has 0 radical (unpaired) electrons. The van der Waals surface area contributed by atoms with Gasteiger partial charge in [0.05, 0.1) is 10.3 Å². The van der Waals surface area contributed by atoms with Gasteiger partial charge >= 0.3 is 0 Å². The summed E-state index contributed by atoms with van der Waals surface area (Å²) in [5, 5.41) is 3.28. The van der Waals surface area contributed by atoms with Crippen LogP contribution in [0.15, 0.2) is 0 Å². The van der Waals surface area contributed by atoms with Crippen molar-refractivity contribution in [3.63, 3.8) is 0 Å². The summed E-state index contributed by atoms with van der Waals surface area (Å²) in [6, 6.07) is -0.0242. The zero-order valence-corrected chi connectivity index (χ0v) is 14.6. The maximum atomic E-state index is 12.1. The largest absolute Gasteiger partial charge is 0.374 e. The Morgan fingerprint density at radius 2 is 2.15 bits per heavy atom. The van der Waals surface area contributed by atoms with E-state index in [9.17, 15) is 8.42 Å². The molecule has 0 aromatic rings. The van der Waals surface area contributed by atoms with Crippen LogP contribution in [-0.4, -0.2) is 56.2 Å². The Bertz CT molecular complexity index is 441. The van der Waals surface area contributed by atoms with Gasteiger partial charge in [-0.05, 0) is 51.8 Å². The molecule has 1 N–H and O–H groups in total. The van der Waals surface area contributed by atoms with Gasteiger partial charge in [-0.1, -0.05) is 0 Å². The minimum atomic E-state index is -3.11. The van der Waals surface area contributed by atoms with Crippen molar-refractivity contribution in [2.24, 2.45) is 5.92 Å². The summed E-state index contributed by atoms with van der Waals surface area (Å²) in [7, 11) is -1.23. The lowest BCUT2D eigenvalue weighted by Gasteiger charge is -2.45. The second-order valence-corrected chi connectivity index (χ2v) is 10.4. The van der Waals surface area contributed by atoms with Gasteiger partial charge in [-0.2, -0.15) is 11.8 Å². The molecule has 2 aliphatic heterocycles. The van der Waals surface area contributed by atoms with Crippen LogP contribution >= 0.6 is 11.8 Å². The molecule has 1 spiro atoms. The zero-order chi connectivity index (χ0) is 15.0. The van der Waals surface area contributed by atoms with Crippen molar-refractivity contribution in [1.29, 1.82) is 0 Å². The lowest BCUT2D eigenvalue weighted by Crippen LogP contribution is -2.57. The highest BCUT2D eigenvalue weighted by atomic mass is 32.2. The van der Waals surface area contributed by atoms with Crippen LogP contribution in [0.2, 0.25) is 0 Å². The van der Waals surface area contributed by atoms with Crippen LogP contribution in [0.5, 0.6) is 0 Å². The highest BCUT2D eigenvalue weighted by Crippen LogP contribution is 2.43. The van der Waals surface area contributed by atoms with Crippen molar-refractivity contribution in [3.8, 4) is 0 Å². The highest BCUT2D eigenvalue weighted by molar-refractivity contribution is 7.99. The summed E-state index contributed by atoms with van der Waals surface area (Å²) in [5.74, 6) is 2.57. The minimum absolute atomic E-state index is 0.00370. The predicted molar refractivity (Wildman–Crippen MR) is 85.1 cm³/mol. The lowest BCUT2D eigenvalue weighted by atomic mass is 9.77. The summed E-state index contributed by atoms with van der Waals surface area (Å²) < 4.78 is 29.6. The number of thioether (sulfide) groups is 1. The smallest absolute Gasteiger partial charge is 0.154 e. The first-order valence-electron chi connectivity index (χ1n) is 7.30. The predicted octanol–water partition coefficient (Wildman–Crippen LogP) is 1.70. The standard InChI is InChI=1S/C14H27NO3S2/c1-13(2,20(4,16)17)12(15-3)11-5-7-18-14(9-11)6-8-19-10-14/h11-12,15H,5-10H2,1-4H3. The minimum Gasteiger partial charge on any atom is -0.374 e. The van der Waals surface area contributed by atoms with Gasteiger partial charge in [0.2, 0.25) is 0 Å². The van der Waals surface area contributed by atoms with Crippen LogP contribution in [0.1, 0.15) is 33.1 Å². The molecule has 2 heterocycles. The van der Waals surface area contributed by atoms with E-state index in [0.717, 1.165) is 37.4 Å². The molecule has 0 aromatic carbocycles. The van der Waals surface area contributed by atoms with Gasteiger partial charge in [0.15, 0.2) is 9.84 Å². The molecular weight excluding hydrogens is 294 g/mol. The molecule has 3 atom stereocenters. The molecule has 0 amide bonds. The number of rotatable bonds is 4. The molecule has 3 unspecified atom stereocenters. The first kappa shape index (κ1) is 16.6. The number of hydrogen-bond acceptors (Lipinski definition) is 5. The van der Waals surface area contributed by atoms with E-state index >= 15 is 0 Å². The van der Waals surface area contributed by atoms with Crippen molar-refractivity contribution in [2.75, 3.05) is 31.4 Å². The molecule has 2 fully saturated rings. The average Bonchev–Trinajstić information content (AvgIpc) is 2.76. The van der Waals surface area contributed by atoms with Crippen LogP contribution < -0.4 is 5.32 Å². The van der Waals surface area contributed by atoms with Crippen LogP contribution in [0.3, 0.4) is 0 Å². The topological polar surface area (TPSA) is 55.4 Å². The van der Waals surface area contributed by atoms with Crippen LogP contribution in [0.4, 0.5) is 0 Å². The molecule has 4 nitrogen and oxygen atoms in total. The first-order chi connectivity index (χ1) is 9.22. The van der Waals surface area contributed by atoms with Crippen molar-refractivity contribution in [1.82, 2.24) is 5.32 Å². The van der Waals surface area contributed by atoms with Crippen molar-refractivity contribution in [2.45, 2.75) is 49.5 Å². The van der Waals surface area contributed by atoms with Gasteiger partial charge in [-0.15, -0.1) is 0 Å². The van der Waals surface area contributed by atoms with Gasteiger partial charge in [0.25, 0.3) is 0 Å². The quantitative estimate of drug-likeness (QED) is 0.854. The van der Waals surface area contributed by atoms with Crippen LogP contribution in [0, 0.1) is 5.92 Å². The van der Waals surface area contributed by atoms with E-state index in [0.29, 0.717) is 5.92 Å².